The molecule has 0 aliphatic carbocycles. The van der Waals surface area contributed by atoms with E-state index in [0.717, 1.165) is 5.69 Å². The molecule has 2 amide bonds. The Bertz CT molecular complexity index is 875. The number of anilines is 2. The molecule has 0 saturated heterocycles. The van der Waals surface area contributed by atoms with Crippen LogP contribution < -0.4 is 10.6 Å². The Hall–Kier alpha value is -2.99. The summed E-state index contributed by atoms with van der Waals surface area (Å²) < 4.78 is 0. The van der Waals surface area contributed by atoms with Gasteiger partial charge in [-0.05, 0) is 48.7 Å². The number of aryl methyl sites for hydroxylation is 1. The largest absolute Gasteiger partial charge is 0.322 e. The van der Waals surface area contributed by atoms with E-state index in [2.05, 4.69) is 15.6 Å². The second-order valence-corrected chi connectivity index (χ2v) is 6.10. The lowest BCUT2D eigenvalue weighted by Gasteiger charge is -2.08. The second-order valence-electron chi connectivity index (χ2n) is 5.15. The van der Waals surface area contributed by atoms with Gasteiger partial charge in [0.05, 0.1) is 4.88 Å². The van der Waals surface area contributed by atoms with Gasteiger partial charge in [0, 0.05) is 28.8 Å². The van der Waals surface area contributed by atoms with Crippen LogP contribution in [0.2, 0.25) is 0 Å². The molecule has 3 aromatic rings. The number of rotatable bonds is 4. The number of aromatic nitrogens is 1. The minimum Gasteiger partial charge on any atom is -0.322 e. The molecule has 5 nitrogen and oxygen atoms in total. The molecule has 0 atom stereocenters. The van der Waals surface area contributed by atoms with E-state index in [1.807, 2.05) is 18.4 Å². The summed E-state index contributed by atoms with van der Waals surface area (Å²) in [5, 5.41) is 7.45. The summed E-state index contributed by atoms with van der Waals surface area (Å²) in [5.41, 5.74) is 2.55. The van der Waals surface area contributed by atoms with Crippen LogP contribution >= 0.6 is 11.3 Å². The first-order valence-electron chi connectivity index (χ1n) is 7.31. The van der Waals surface area contributed by atoms with Gasteiger partial charge >= 0.3 is 0 Å². The van der Waals surface area contributed by atoms with Gasteiger partial charge in [-0.3, -0.25) is 14.6 Å². The van der Waals surface area contributed by atoms with Crippen LogP contribution in [0.25, 0.3) is 0 Å². The predicted octanol–water partition coefficient (Wildman–Crippen LogP) is 3.96. The third kappa shape index (κ3) is 3.85. The van der Waals surface area contributed by atoms with Crippen LogP contribution in [0, 0.1) is 6.92 Å². The van der Waals surface area contributed by atoms with E-state index in [-0.39, 0.29) is 11.8 Å². The predicted molar refractivity (Wildman–Crippen MR) is 95.6 cm³/mol. The molecule has 2 N–H and O–H groups in total. The van der Waals surface area contributed by atoms with Crippen molar-refractivity contribution in [2.24, 2.45) is 0 Å². The fourth-order valence-electron chi connectivity index (χ4n) is 2.17. The van der Waals surface area contributed by atoms with E-state index >= 15 is 0 Å². The lowest BCUT2D eigenvalue weighted by atomic mass is 10.2. The molecule has 2 aromatic heterocycles. The van der Waals surface area contributed by atoms with Gasteiger partial charge in [0.1, 0.15) is 0 Å². The Morgan fingerprint density at radius 3 is 2.50 bits per heavy atom. The van der Waals surface area contributed by atoms with Gasteiger partial charge < -0.3 is 10.6 Å². The Kier molecular flexibility index (Phi) is 4.67. The van der Waals surface area contributed by atoms with Crippen LogP contribution in [0.5, 0.6) is 0 Å². The molecule has 0 fully saturated rings. The third-order valence-corrected chi connectivity index (χ3v) is 4.15. The highest BCUT2D eigenvalue weighted by Crippen LogP contribution is 2.16. The highest BCUT2D eigenvalue weighted by Gasteiger charge is 2.10. The number of nitrogens with zero attached hydrogens (tertiary/aromatic N) is 1. The fourth-order valence-corrected chi connectivity index (χ4v) is 2.78. The quantitative estimate of drug-likeness (QED) is 0.757. The van der Waals surface area contributed by atoms with Crippen LogP contribution in [0.3, 0.4) is 0 Å². The maximum absolute atomic E-state index is 12.3. The molecule has 24 heavy (non-hydrogen) atoms. The number of benzene rings is 1. The standard InChI is InChI=1S/C18H15N3O2S/c1-12-10-15(7-8-19-12)20-17(22)13-4-2-5-14(11-13)21-18(23)16-6-3-9-24-16/h2-11H,1H3,(H,21,23)(H,19,20,22). The van der Waals surface area contributed by atoms with Gasteiger partial charge in [0.2, 0.25) is 0 Å². The molecule has 120 valence electrons. The maximum Gasteiger partial charge on any atom is 0.265 e. The molecule has 0 aliphatic heterocycles. The lowest BCUT2D eigenvalue weighted by Crippen LogP contribution is -2.14. The first-order chi connectivity index (χ1) is 11.6. The van der Waals surface area contributed by atoms with E-state index in [1.165, 1.54) is 11.3 Å². The van der Waals surface area contributed by atoms with Crippen LogP contribution in [0.1, 0.15) is 25.7 Å². The lowest BCUT2D eigenvalue weighted by molar-refractivity contribution is 0.101. The number of thiophene rings is 1. The van der Waals surface area contributed by atoms with Gasteiger partial charge in [0.25, 0.3) is 11.8 Å². The van der Waals surface area contributed by atoms with E-state index in [4.69, 9.17) is 0 Å². The Morgan fingerprint density at radius 2 is 1.75 bits per heavy atom. The summed E-state index contributed by atoms with van der Waals surface area (Å²) in [4.78, 5) is 29.1. The van der Waals surface area contributed by atoms with Crippen LogP contribution in [0.15, 0.2) is 60.1 Å². The fraction of sp³-hybridized carbons (Fsp3) is 0.0556. The van der Waals surface area contributed by atoms with Gasteiger partial charge in [0.15, 0.2) is 0 Å². The minimum absolute atomic E-state index is 0.188. The zero-order chi connectivity index (χ0) is 16.9. The summed E-state index contributed by atoms with van der Waals surface area (Å²) in [6.07, 6.45) is 1.64. The molecular formula is C18H15N3O2S. The van der Waals surface area contributed by atoms with Crippen molar-refractivity contribution in [3.8, 4) is 0 Å². The number of amides is 2. The molecule has 6 heteroatoms. The summed E-state index contributed by atoms with van der Waals surface area (Å²) in [6.45, 7) is 1.86. The molecule has 0 bridgehead atoms. The molecule has 3 rings (SSSR count). The Morgan fingerprint density at radius 1 is 0.958 bits per heavy atom. The number of carbonyl (C=O) groups is 2. The Balaban J connectivity index is 1.72. The number of hydrogen-bond acceptors (Lipinski definition) is 4. The number of carbonyl (C=O) groups excluding carboxylic acids is 2. The van der Waals surface area contributed by atoms with E-state index in [9.17, 15) is 9.59 Å². The Labute approximate surface area is 143 Å². The van der Waals surface area contributed by atoms with Crippen LogP contribution in [0.4, 0.5) is 11.4 Å². The van der Waals surface area contributed by atoms with Crippen molar-refractivity contribution in [3.63, 3.8) is 0 Å². The monoisotopic (exact) mass is 337 g/mol. The van der Waals surface area contributed by atoms with Crippen molar-refractivity contribution >= 4 is 34.5 Å². The number of nitrogens with one attached hydrogen (secondary N) is 2. The second kappa shape index (κ2) is 7.06. The zero-order valence-electron chi connectivity index (χ0n) is 12.9. The molecule has 0 unspecified atom stereocenters. The van der Waals surface area contributed by atoms with Gasteiger partial charge in [-0.15, -0.1) is 11.3 Å². The summed E-state index contributed by atoms with van der Waals surface area (Å²) in [5.74, 6) is -0.430. The molecule has 0 spiro atoms. The van der Waals surface area contributed by atoms with E-state index in [1.54, 1.807) is 48.7 Å². The van der Waals surface area contributed by atoms with Gasteiger partial charge in [-0.2, -0.15) is 0 Å². The SMILES string of the molecule is Cc1cc(NC(=O)c2cccc(NC(=O)c3cccs3)c2)ccn1. The normalized spacial score (nSPS) is 10.2. The molecule has 0 aliphatic rings. The third-order valence-electron chi connectivity index (χ3n) is 3.28. The molecule has 1 aromatic carbocycles. The van der Waals surface area contributed by atoms with Crippen molar-refractivity contribution in [2.45, 2.75) is 6.92 Å². The average Bonchev–Trinajstić information content (AvgIpc) is 3.10. The van der Waals surface area contributed by atoms with Crippen molar-refractivity contribution in [3.05, 3.63) is 76.2 Å². The number of pyridine rings is 1. The number of hydrogen-bond donors (Lipinski definition) is 2. The van der Waals surface area contributed by atoms with Crippen molar-refractivity contribution in [2.75, 3.05) is 10.6 Å². The smallest absolute Gasteiger partial charge is 0.265 e. The zero-order valence-corrected chi connectivity index (χ0v) is 13.8. The molecule has 0 radical (unpaired) electrons. The average molecular weight is 337 g/mol. The van der Waals surface area contributed by atoms with Crippen molar-refractivity contribution < 1.29 is 9.59 Å². The van der Waals surface area contributed by atoms with E-state index in [0.29, 0.717) is 21.8 Å². The van der Waals surface area contributed by atoms with Crippen molar-refractivity contribution in [1.29, 1.82) is 0 Å². The summed E-state index contributed by atoms with van der Waals surface area (Å²) in [7, 11) is 0. The molecular weight excluding hydrogens is 322 g/mol. The van der Waals surface area contributed by atoms with Crippen molar-refractivity contribution in [1.82, 2.24) is 4.98 Å². The highest BCUT2D eigenvalue weighted by atomic mass is 32.1. The first-order valence-corrected chi connectivity index (χ1v) is 8.19. The minimum atomic E-state index is -0.243. The van der Waals surface area contributed by atoms with Gasteiger partial charge in [-0.25, -0.2) is 0 Å². The maximum atomic E-state index is 12.3. The van der Waals surface area contributed by atoms with E-state index < -0.39 is 0 Å². The van der Waals surface area contributed by atoms with Crippen LogP contribution in [-0.4, -0.2) is 16.8 Å². The highest BCUT2D eigenvalue weighted by molar-refractivity contribution is 7.12. The van der Waals surface area contributed by atoms with Gasteiger partial charge in [-0.1, -0.05) is 12.1 Å². The molecule has 0 saturated carbocycles. The van der Waals surface area contributed by atoms with Crippen LogP contribution in [-0.2, 0) is 0 Å². The summed E-state index contributed by atoms with van der Waals surface area (Å²) in [6, 6.07) is 13.9. The molecule has 2 heterocycles. The summed E-state index contributed by atoms with van der Waals surface area (Å²) >= 11 is 1.37. The topological polar surface area (TPSA) is 71.1 Å². The first kappa shape index (κ1) is 15.9.